The number of primary amides is 1. The second kappa shape index (κ2) is 5.03. The van der Waals surface area contributed by atoms with Crippen LogP contribution in [0.2, 0.25) is 0 Å². The molecule has 18 heavy (non-hydrogen) atoms. The smallest absolute Gasteiger partial charge is 0.322 e. The van der Waals surface area contributed by atoms with Crippen molar-refractivity contribution in [2.75, 3.05) is 30.8 Å². The number of ether oxygens (including phenoxy) is 1. The molecule has 0 spiro atoms. The van der Waals surface area contributed by atoms with E-state index in [1.54, 1.807) is 0 Å². The standard InChI is InChI=1S/C10H16N6O2/c1-18-10-14-8(12)13-9(15-10)16-4-2-6(3-5-16)7(11)17/h6H,2-5H2,1H3,(H2,11,17)(H2,12,13,14,15). The van der Waals surface area contributed by atoms with Crippen LogP contribution in [0.3, 0.4) is 0 Å². The first-order valence-corrected chi connectivity index (χ1v) is 5.70. The monoisotopic (exact) mass is 252 g/mol. The number of nitrogen functional groups attached to an aromatic ring is 1. The van der Waals surface area contributed by atoms with Gasteiger partial charge in [0.15, 0.2) is 0 Å². The van der Waals surface area contributed by atoms with Crippen LogP contribution in [0.4, 0.5) is 11.9 Å². The molecule has 8 nitrogen and oxygen atoms in total. The summed E-state index contributed by atoms with van der Waals surface area (Å²) in [6.45, 7) is 1.33. The van der Waals surface area contributed by atoms with Crippen LogP contribution in [0.1, 0.15) is 12.8 Å². The molecule has 0 atom stereocenters. The molecule has 1 aromatic heterocycles. The zero-order valence-electron chi connectivity index (χ0n) is 10.2. The Morgan fingerprint density at radius 3 is 2.56 bits per heavy atom. The Balaban J connectivity index is 2.09. The molecule has 1 aliphatic rings. The summed E-state index contributed by atoms with van der Waals surface area (Å²) in [5.41, 5.74) is 10.9. The summed E-state index contributed by atoms with van der Waals surface area (Å²) in [7, 11) is 1.47. The largest absolute Gasteiger partial charge is 0.467 e. The van der Waals surface area contributed by atoms with Gasteiger partial charge in [0.1, 0.15) is 0 Å². The van der Waals surface area contributed by atoms with Crippen molar-refractivity contribution in [1.29, 1.82) is 0 Å². The summed E-state index contributed by atoms with van der Waals surface area (Å²) < 4.78 is 4.94. The minimum atomic E-state index is -0.248. The zero-order valence-corrected chi connectivity index (χ0v) is 10.2. The van der Waals surface area contributed by atoms with Crippen molar-refractivity contribution < 1.29 is 9.53 Å². The maximum absolute atomic E-state index is 11.1. The average molecular weight is 252 g/mol. The number of amides is 1. The molecule has 1 amide bonds. The van der Waals surface area contributed by atoms with E-state index in [1.807, 2.05) is 4.90 Å². The highest BCUT2D eigenvalue weighted by Gasteiger charge is 2.25. The molecule has 1 fully saturated rings. The fourth-order valence-corrected chi connectivity index (χ4v) is 1.96. The first-order valence-electron chi connectivity index (χ1n) is 5.70. The zero-order chi connectivity index (χ0) is 13.1. The van der Waals surface area contributed by atoms with Gasteiger partial charge in [-0.25, -0.2) is 0 Å². The van der Waals surface area contributed by atoms with E-state index in [2.05, 4.69) is 15.0 Å². The van der Waals surface area contributed by atoms with Gasteiger partial charge in [-0.1, -0.05) is 0 Å². The molecular weight excluding hydrogens is 236 g/mol. The van der Waals surface area contributed by atoms with Gasteiger partial charge in [-0.2, -0.15) is 15.0 Å². The van der Waals surface area contributed by atoms with Gasteiger partial charge in [0.05, 0.1) is 7.11 Å². The summed E-state index contributed by atoms with van der Waals surface area (Å²) in [4.78, 5) is 25.0. The first-order chi connectivity index (χ1) is 8.60. The normalized spacial score (nSPS) is 16.6. The SMILES string of the molecule is COc1nc(N)nc(N2CCC(C(N)=O)CC2)n1. The number of hydrogen-bond donors (Lipinski definition) is 2. The molecule has 2 rings (SSSR count). The van der Waals surface area contributed by atoms with Crippen LogP contribution in [-0.2, 0) is 4.79 Å². The Bertz CT molecular complexity index is 444. The van der Waals surface area contributed by atoms with E-state index in [9.17, 15) is 4.79 Å². The molecule has 0 saturated carbocycles. The number of carbonyl (C=O) groups is 1. The van der Waals surface area contributed by atoms with Crippen LogP contribution in [0.25, 0.3) is 0 Å². The van der Waals surface area contributed by atoms with Crippen LogP contribution in [0.5, 0.6) is 6.01 Å². The minimum Gasteiger partial charge on any atom is -0.467 e. The highest BCUT2D eigenvalue weighted by molar-refractivity contribution is 5.76. The first kappa shape index (κ1) is 12.3. The number of anilines is 2. The lowest BCUT2D eigenvalue weighted by atomic mass is 9.96. The molecule has 0 bridgehead atoms. The van der Waals surface area contributed by atoms with E-state index in [0.717, 1.165) is 0 Å². The molecule has 4 N–H and O–H groups in total. The Morgan fingerprint density at radius 2 is 2.00 bits per heavy atom. The average Bonchev–Trinajstić information content (AvgIpc) is 2.38. The number of nitrogens with two attached hydrogens (primary N) is 2. The van der Waals surface area contributed by atoms with E-state index in [-0.39, 0.29) is 23.8 Å². The third-order valence-corrected chi connectivity index (χ3v) is 2.98. The second-order valence-electron chi connectivity index (χ2n) is 4.14. The highest BCUT2D eigenvalue weighted by Crippen LogP contribution is 2.21. The van der Waals surface area contributed by atoms with Crippen LogP contribution in [0.15, 0.2) is 0 Å². The maximum atomic E-state index is 11.1. The Kier molecular flexibility index (Phi) is 3.45. The summed E-state index contributed by atoms with van der Waals surface area (Å²) in [5.74, 6) is 0.279. The lowest BCUT2D eigenvalue weighted by Gasteiger charge is -2.30. The molecule has 0 unspecified atom stereocenters. The molecule has 0 aromatic carbocycles. The van der Waals surface area contributed by atoms with Gasteiger partial charge >= 0.3 is 6.01 Å². The molecule has 8 heteroatoms. The minimum absolute atomic E-state index is 0.0673. The number of methoxy groups -OCH3 is 1. The molecule has 0 aliphatic carbocycles. The second-order valence-corrected chi connectivity index (χ2v) is 4.14. The van der Waals surface area contributed by atoms with Crippen molar-refractivity contribution in [2.24, 2.45) is 11.7 Å². The summed E-state index contributed by atoms with van der Waals surface area (Å²) in [6, 6.07) is 0.189. The lowest BCUT2D eigenvalue weighted by molar-refractivity contribution is -0.122. The third-order valence-electron chi connectivity index (χ3n) is 2.98. The van der Waals surface area contributed by atoms with Gasteiger partial charge in [0, 0.05) is 19.0 Å². The molecule has 1 aliphatic heterocycles. The molecule has 1 aromatic rings. The van der Waals surface area contributed by atoms with Crippen molar-refractivity contribution >= 4 is 17.8 Å². The maximum Gasteiger partial charge on any atom is 0.322 e. The van der Waals surface area contributed by atoms with Crippen LogP contribution >= 0.6 is 0 Å². The van der Waals surface area contributed by atoms with Gasteiger partial charge in [-0.3, -0.25) is 4.79 Å². The van der Waals surface area contributed by atoms with Gasteiger partial charge < -0.3 is 21.1 Å². The number of carbonyl (C=O) groups excluding carboxylic acids is 1. The van der Waals surface area contributed by atoms with Crippen LogP contribution in [0, 0.1) is 5.92 Å². The molecule has 1 saturated heterocycles. The highest BCUT2D eigenvalue weighted by atomic mass is 16.5. The number of piperidine rings is 1. The quantitative estimate of drug-likeness (QED) is 0.719. The van der Waals surface area contributed by atoms with E-state index in [1.165, 1.54) is 7.11 Å². The third kappa shape index (κ3) is 2.58. The Hall–Kier alpha value is -2.12. The van der Waals surface area contributed by atoms with Gasteiger partial charge in [-0.15, -0.1) is 0 Å². The Labute approximate surface area is 104 Å². The summed E-state index contributed by atoms with van der Waals surface area (Å²) in [5, 5.41) is 0. The number of aromatic nitrogens is 3. The molecular formula is C10H16N6O2. The predicted molar refractivity (Wildman–Crippen MR) is 64.9 cm³/mol. The van der Waals surface area contributed by atoms with Crippen molar-refractivity contribution in [2.45, 2.75) is 12.8 Å². The van der Waals surface area contributed by atoms with E-state index < -0.39 is 0 Å². The summed E-state index contributed by atoms with van der Waals surface area (Å²) in [6.07, 6.45) is 1.40. The van der Waals surface area contributed by atoms with Crippen molar-refractivity contribution in [3.8, 4) is 6.01 Å². The van der Waals surface area contributed by atoms with Crippen LogP contribution in [-0.4, -0.2) is 41.1 Å². The fourth-order valence-electron chi connectivity index (χ4n) is 1.96. The van der Waals surface area contributed by atoms with Crippen LogP contribution < -0.4 is 21.1 Å². The van der Waals surface area contributed by atoms with Gasteiger partial charge in [-0.05, 0) is 12.8 Å². The van der Waals surface area contributed by atoms with Gasteiger partial charge in [0.2, 0.25) is 17.8 Å². The van der Waals surface area contributed by atoms with Crippen molar-refractivity contribution in [1.82, 2.24) is 15.0 Å². The topological polar surface area (TPSA) is 120 Å². The Morgan fingerprint density at radius 1 is 1.33 bits per heavy atom. The fraction of sp³-hybridized carbons (Fsp3) is 0.600. The van der Waals surface area contributed by atoms with E-state index in [4.69, 9.17) is 16.2 Å². The number of rotatable bonds is 3. The van der Waals surface area contributed by atoms with Crippen molar-refractivity contribution in [3.05, 3.63) is 0 Å². The van der Waals surface area contributed by atoms with Crippen molar-refractivity contribution in [3.63, 3.8) is 0 Å². The summed E-state index contributed by atoms with van der Waals surface area (Å²) >= 11 is 0. The molecule has 98 valence electrons. The molecule has 2 heterocycles. The van der Waals surface area contributed by atoms with E-state index in [0.29, 0.717) is 31.9 Å². The lowest BCUT2D eigenvalue weighted by Crippen LogP contribution is -2.39. The number of nitrogens with zero attached hydrogens (tertiary/aromatic N) is 4. The number of hydrogen-bond acceptors (Lipinski definition) is 7. The molecule has 0 radical (unpaired) electrons. The van der Waals surface area contributed by atoms with E-state index >= 15 is 0 Å². The predicted octanol–water partition coefficient (Wildman–Crippen LogP) is -0.836. The van der Waals surface area contributed by atoms with Gasteiger partial charge in [0.25, 0.3) is 0 Å².